The van der Waals surface area contributed by atoms with Crippen molar-refractivity contribution >= 4 is 12.3 Å². The van der Waals surface area contributed by atoms with Crippen molar-refractivity contribution in [1.29, 1.82) is 0 Å². The second kappa shape index (κ2) is 6.23. The van der Waals surface area contributed by atoms with Crippen molar-refractivity contribution in [3.05, 3.63) is 24.0 Å². The number of rotatable bonds is 6. The molecular weight excluding hydrogens is 218 g/mol. The highest BCUT2D eigenvalue weighted by atomic mass is 16.5. The first-order valence-electron chi connectivity index (χ1n) is 5.94. The molecule has 0 spiro atoms. The SMILES string of the molecule is CCOC(=O)[C@@H](C(C)CC)n1cccc1C=O. The molecule has 4 heteroatoms. The minimum Gasteiger partial charge on any atom is -0.464 e. The first kappa shape index (κ1) is 13.5. The lowest BCUT2D eigenvalue weighted by atomic mass is 9.99. The maximum absolute atomic E-state index is 12.0. The predicted molar refractivity (Wildman–Crippen MR) is 64.9 cm³/mol. The van der Waals surface area contributed by atoms with Gasteiger partial charge in [0, 0.05) is 6.20 Å². The lowest BCUT2D eigenvalue weighted by Gasteiger charge is -2.23. The molecule has 0 saturated carbocycles. The van der Waals surface area contributed by atoms with Crippen LogP contribution in [-0.4, -0.2) is 23.4 Å². The molecule has 0 saturated heterocycles. The number of nitrogens with zero attached hydrogens (tertiary/aromatic N) is 1. The van der Waals surface area contributed by atoms with Crippen molar-refractivity contribution in [1.82, 2.24) is 4.57 Å². The fourth-order valence-electron chi connectivity index (χ4n) is 1.83. The maximum Gasteiger partial charge on any atom is 0.329 e. The summed E-state index contributed by atoms with van der Waals surface area (Å²) in [5, 5.41) is 0. The molecule has 0 fully saturated rings. The molecule has 17 heavy (non-hydrogen) atoms. The van der Waals surface area contributed by atoms with Crippen molar-refractivity contribution in [2.75, 3.05) is 6.61 Å². The lowest BCUT2D eigenvalue weighted by molar-refractivity contribution is -0.148. The number of carbonyl (C=O) groups is 2. The van der Waals surface area contributed by atoms with Crippen LogP contribution in [0.2, 0.25) is 0 Å². The zero-order chi connectivity index (χ0) is 12.8. The van der Waals surface area contributed by atoms with E-state index in [1.807, 2.05) is 13.8 Å². The Balaban J connectivity index is 3.05. The Morgan fingerprint density at radius 2 is 2.24 bits per heavy atom. The third kappa shape index (κ3) is 2.96. The number of aromatic nitrogens is 1. The van der Waals surface area contributed by atoms with Gasteiger partial charge in [-0.1, -0.05) is 20.3 Å². The minimum atomic E-state index is -0.421. The van der Waals surface area contributed by atoms with Crippen LogP contribution in [0.25, 0.3) is 0 Å². The molecule has 0 aliphatic rings. The number of carbonyl (C=O) groups excluding carboxylic acids is 2. The van der Waals surface area contributed by atoms with E-state index in [9.17, 15) is 9.59 Å². The van der Waals surface area contributed by atoms with Crippen LogP contribution < -0.4 is 0 Å². The van der Waals surface area contributed by atoms with E-state index < -0.39 is 6.04 Å². The first-order valence-corrected chi connectivity index (χ1v) is 5.94. The third-order valence-electron chi connectivity index (χ3n) is 2.94. The number of hydrogen-bond acceptors (Lipinski definition) is 3. The van der Waals surface area contributed by atoms with E-state index in [1.54, 1.807) is 29.8 Å². The lowest BCUT2D eigenvalue weighted by Crippen LogP contribution is -2.28. The van der Waals surface area contributed by atoms with E-state index in [4.69, 9.17) is 4.74 Å². The molecule has 1 unspecified atom stereocenters. The van der Waals surface area contributed by atoms with E-state index in [-0.39, 0.29) is 11.9 Å². The molecular formula is C13H19NO3. The number of ether oxygens (including phenoxy) is 1. The van der Waals surface area contributed by atoms with Gasteiger partial charge in [0.05, 0.1) is 12.3 Å². The Morgan fingerprint density at radius 1 is 1.53 bits per heavy atom. The van der Waals surface area contributed by atoms with Crippen LogP contribution in [0.4, 0.5) is 0 Å². The smallest absolute Gasteiger partial charge is 0.329 e. The fraction of sp³-hybridized carbons (Fsp3) is 0.538. The zero-order valence-corrected chi connectivity index (χ0v) is 10.6. The Labute approximate surface area is 102 Å². The van der Waals surface area contributed by atoms with Crippen molar-refractivity contribution in [3.63, 3.8) is 0 Å². The van der Waals surface area contributed by atoms with E-state index in [0.29, 0.717) is 12.3 Å². The van der Waals surface area contributed by atoms with E-state index in [1.165, 1.54) is 0 Å². The summed E-state index contributed by atoms with van der Waals surface area (Å²) in [7, 11) is 0. The highest BCUT2D eigenvalue weighted by Gasteiger charge is 2.28. The summed E-state index contributed by atoms with van der Waals surface area (Å²) >= 11 is 0. The van der Waals surface area contributed by atoms with E-state index in [2.05, 4.69) is 0 Å². The van der Waals surface area contributed by atoms with Crippen LogP contribution in [0, 0.1) is 5.92 Å². The quantitative estimate of drug-likeness (QED) is 0.564. The molecule has 1 aromatic rings. The van der Waals surface area contributed by atoms with Crippen molar-refractivity contribution in [2.24, 2.45) is 5.92 Å². The van der Waals surface area contributed by atoms with Gasteiger partial charge < -0.3 is 9.30 Å². The predicted octanol–water partition coefficient (Wildman–Crippen LogP) is 2.45. The molecule has 2 atom stereocenters. The van der Waals surface area contributed by atoms with Gasteiger partial charge >= 0.3 is 5.97 Å². The summed E-state index contributed by atoms with van der Waals surface area (Å²) in [5.41, 5.74) is 0.503. The minimum absolute atomic E-state index is 0.125. The van der Waals surface area contributed by atoms with Gasteiger partial charge in [-0.15, -0.1) is 0 Å². The maximum atomic E-state index is 12.0. The summed E-state index contributed by atoms with van der Waals surface area (Å²) in [6.07, 6.45) is 3.35. The number of aldehydes is 1. The molecule has 0 aromatic carbocycles. The molecule has 4 nitrogen and oxygen atoms in total. The molecule has 0 aliphatic heterocycles. The zero-order valence-electron chi connectivity index (χ0n) is 10.6. The van der Waals surface area contributed by atoms with Gasteiger partial charge in [0.25, 0.3) is 0 Å². The second-order valence-corrected chi connectivity index (χ2v) is 4.04. The summed E-state index contributed by atoms with van der Waals surface area (Å²) in [6, 6.07) is 3.04. The summed E-state index contributed by atoms with van der Waals surface area (Å²) < 4.78 is 6.77. The third-order valence-corrected chi connectivity index (χ3v) is 2.94. The van der Waals surface area contributed by atoms with Crippen LogP contribution >= 0.6 is 0 Å². The van der Waals surface area contributed by atoms with Gasteiger partial charge in [-0.2, -0.15) is 0 Å². The number of esters is 1. The normalized spacial score (nSPS) is 14.1. The molecule has 0 N–H and O–H groups in total. The molecule has 1 heterocycles. The highest BCUT2D eigenvalue weighted by molar-refractivity contribution is 5.78. The van der Waals surface area contributed by atoms with Crippen molar-refractivity contribution < 1.29 is 14.3 Å². The van der Waals surface area contributed by atoms with Gasteiger partial charge in [0.15, 0.2) is 6.29 Å². The largest absolute Gasteiger partial charge is 0.464 e. The Morgan fingerprint density at radius 3 is 2.76 bits per heavy atom. The van der Waals surface area contributed by atoms with Gasteiger partial charge in [-0.05, 0) is 25.0 Å². The average molecular weight is 237 g/mol. The van der Waals surface area contributed by atoms with Crippen LogP contribution in [0.1, 0.15) is 43.7 Å². The van der Waals surface area contributed by atoms with E-state index >= 15 is 0 Å². The molecule has 0 radical (unpaired) electrons. The monoisotopic (exact) mass is 237 g/mol. The Bertz CT molecular complexity index is 384. The molecule has 1 rings (SSSR count). The topological polar surface area (TPSA) is 48.3 Å². The van der Waals surface area contributed by atoms with Crippen LogP contribution in [0.5, 0.6) is 0 Å². The van der Waals surface area contributed by atoms with Crippen LogP contribution in [0.3, 0.4) is 0 Å². The molecule has 1 aromatic heterocycles. The molecule has 0 bridgehead atoms. The van der Waals surface area contributed by atoms with Gasteiger partial charge in [-0.3, -0.25) is 4.79 Å². The molecule has 94 valence electrons. The van der Waals surface area contributed by atoms with Crippen LogP contribution in [0.15, 0.2) is 18.3 Å². The average Bonchev–Trinajstić information content (AvgIpc) is 2.77. The first-order chi connectivity index (χ1) is 8.15. The summed E-state index contributed by atoms with van der Waals surface area (Å²) in [4.78, 5) is 22.9. The summed E-state index contributed by atoms with van der Waals surface area (Å²) in [6.45, 7) is 6.13. The van der Waals surface area contributed by atoms with E-state index in [0.717, 1.165) is 12.7 Å². The second-order valence-electron chi connectivity index (χ2n) is 4.04. The number of hydrogen-bond donors (Lipinski definition) is 0. The fourth-order valence-corrected chi connectivity index (χ4v) is 1.83. The van der Waals surface area contributed by atoms with Gasteiger partial charge in [0.1, 0.15) is 6.04 Å². The van der Waals surface area contributed by atoms with Gasteiger partial charge in [0.2, 0.25) is 0 Å². The highest BCUT2D eigenvalue weighted by Crippen LogP contribution is 2.24. The van der Waals surface area contributed by atoms with Crippen LogP contribution in [-0.2, 0) is 9.53 Å². The van der Waals surface area contributed by atoms with Crippen molar-refractivity contribution in [2.45, 2.75) is 33.2 Å². The standard InChI is InChI=1S/C13H19NO3/c1-4-10(3)12(13(16)17-5-2)14-8-6-7-11(14)9-15/h6-10,12H,4-5H2,1-3H3/t10?,12-/m1/s1. The summed E-state index contributed by atoms with van der Waals surface area (Å²) in [5.74, 6) is -0.152. The molecule has 0 aliphatic carbocycles. The van der Waals surface area contributed by atoms with Gasteiger partial charge in [-0.25, -0.2) is 4.79 Å². The Kier molecular flexibility index (Phi) is 4.94. The molecule has 0 amide bonds. The Hall–Kier alpha value is -1.58. The van der Waals surface area contributed by atoms with Crippen molar-refractivity contribution in [3.8, 4) is 0 Å².